The third kappa shape index (κ3) is 6.35. The highest BCUT2D eigenvalue weighted by Crippen LogP contribution is 2.32. The number of rotatable bonds is 7. The minimum atomic E-state index is 0.224. The zero-order chi connectivity index (χ0) is 15.9. The first-order valence-electron chi connectivity index (χ1n) is 8.48. The molecule has 1 aliphatic heterocycles. The van der Waals surface area contributed by atoms with Gasteiger partial charge in [0.15, 0.2) is 0 Å². The Bertz CT molecular complexity index is 304. The Balaban J connectivity index is 2.36. The summed E-state index contributed by atoms with van der Waals surface area (Å²) in [6.45, 7) is 11.9. The van der Waals surface area contributed by atoms with Gasteiger partial charge in [0.1, 0.15) is 0 Å². The van der Waals surface area contributed by atoms with Crippen molar-refractivity contribution in [3.05, 3.63) is 0 Å². The molecule has 1 unspecified atom stereocenters. The molecule has 0 aliphatic carbocycles. The van der Waals surface area contributed by atoms with Crippen molar-refractivity contribution >= 4 is 5.91 Å². The molecule has 4 nitrogen and oxygen atoms in total. The molecule has 0 aromatic heterocycles. The zero-order valence-electron chi connectivity index (χ0n) is 14.4. The lowest BCUT2D eigenvalue weighted by molar-refractivity contribution is -0.134. The van der Waals surface area contributed by atoms with Gasteiger partial charge in [-0.3, -0.25) is 4.79 Å². The number of hydrogen-bond acceptors (Lipinski definition) is 3. The van der Waals surface area contributed by atoms with Crippen LogP contribution in [0.3, 0.4) is 0 Å². The third-order valence-electron chi connectivity index (χ3n) is 4.64. The molecular formula is C17H34N2O2. The summed E-state index contributed by atoms with van der Waals surface area (Å²) in [5, 5.41) is 0. The maximum Gasteiger partial charge on any atom is 0.222 e. The molecule has 2 N–H and O–H groups in total. The molecule has 1 saturated heterocycles. The Kier molecular flexibility index (Phi) is 7.67. The van der Waals surface area contributed by atoms with Crippen LogP contribution in [0, 0.1) is 11.3 Å². The van der Waals surface area contributed by atoms with Crippen LogP contribution in [0.2, 0.25) is 0 Å². The standard InChI is InChI=1S/C17H34N2O2/c1-5-21-15-9-12-19(13-10-15)16(20)7-6-14(8-11-18)17(2,3)4/h14-15H,5-13,18H2,1-4H3. The van der Waals surface area contributed by atoms with E-state index in [-0.39, 0.29) is 5.41 Å². The van der Waals surface area contributed by atoms with Gasteiger partial charge in [0, 0.05) is 26.1 Å². The second-order valence-corrected chi connectivity index (χ2v) is 7.21. The predicted molar refractivity (Wildman–Crippen MR) is 87.1 cm³/mol. The molecule has 0 radical (unpaired) electrons. The number of nitrogens with two attached hydrogens (primary N) is 1. The fraction of sp³-hybridized carbons (Fsp3) is 0.941. The fourth-order valence-corrected chi connectivity index (χ4v) is 3.17. The molecule has 4 heteroatoms. The Hall–Kier alpha value is -0.610. The number of hydrogen-bond donors (Lipinski definition) is 1. The van der Waals surface area contributed by atoms with Crippen LogP contribution in [-0.2, 0) is 9.53 Å². The first kappa shape index (κ1) is 18.4. The molecule has 124 valence electrons. The molecule has 0 spiro atoms. The van der Waals surface area contributed by atoms with Gasteiger partial charge < -0.3 is 15.4 Å². The Morgan fingerprint density at radius 2 is 1.90 bits per heavy atom. The van der Waals surface area contributed by atoms with E-state index in [0.717, 1.165) is 45.4 Å². The number of likely N-dealkylation sites (tertiary alicyclic amines) is 1. The average molecular weight is 298 g/mol. The summed E-state index contributed by atoms with van der Waals surface area (Å²) in [4.78, 5) is 14.4. The molecule has 0 bridgehead atoms. The van der Waals surface area contributed by atoms with Crippen molar-refractivity contribution in [2.75, 3.05) is 26.2 Å². The number of nitrogens with zero attached hydrogens (tertiary/aromatic N) is 1. The average Bonchev–Trinajstić information content (AvgIpc) is 2.43. The molecule has 21 heavy (non-hydrogen) atoms. The Morgan fingerprint density at radius 3 is 2.38 bits per heavy atom. The summed E-state index contributed by atoms with van der Waals surface area (Å²) in [6, 6.07) is 0. The van der Waals surface area contributed by atoms with Gasteiger partial charge in [-0.2, -0.15) is 0 Å². The van der Waals surface area contributed by atoms with Crippen LogP contribution >= 0.6 is 0 Å². The number of ether oxygens (including phenoxy) is 1. The lowest BCUT2D eigenvalue weighted by Gasteiger charge is -2.34. The molecule has 1 atom stereocenters. The van der Waals surface area contributed by atoms with Crippen LogP contribution in [0.4, 0.5) is 0 Å². The quantitative estimate of drug-likeness (QED) is 0.786. The summed E-state index contributed by atoms with van der Waals surface area (Å²) >= 11 is 0. The Morgan fingerprint density at radius 1 is 1.29 bits per heavy atom. The second kappa shape index (κ2) is 8.74. The highest BCUT2D eigenvalue weighted by Gasteiger charge is 2.27. The van der Waals surface area contributed by atoms with Crippen molar-refractivity contribution in [3.63, 3.8) is 0 Å². The van der Waals surface area contributed by atoms with E-state index in [2.05, 4.69) is 20.8 Å². The summed E-state index contributed by atoms with van der Waals surface area (Å²) < 4.78 is 5.63. The number of carbonyl (C=O) groups is 1. The van der Waals surface area contributed by atoms with Gasteiger partial charge in [0.2, 0.25) is 5.91 Å². The van der Waals surface area contributed by atoms with Crippen molar-refractivity contribution < 1.29 is 9.53 Å². The van der Waals surface area contributed by atoms with Crippen molar-refractivity contribution in [1.29, 1.82) is 0 Å². The van der Waals surface area contributed by atoms with Gasteiger partial charge in [-0.15, -0.1) is 0 Å². The molecule has 1 fully saturated rings. The van der Waals surface area contributed by atoms with Crippen molar-refractivity contribution in [2.45, 2.75) is 65.9 Å². The summed E-state index contributed by atoms with van der Waals surface area (Å²) in [6.07, 6.45) is 4.91. The van der Waals surface area contributed by atoms with Crippen LogP contribution in [-0.4, -0.2) is 43.2 Å². The first-order valence-corrected chi connectivity index (χ1v) is 8.48. The van der Waals surface area contributed by atoms with Crippen LogP contribution in [0.15, 0.2) is 0 Å². The van der Waals surface area contributed by atoms with Gasteiger partial charge in [-0.1, -0.05) is 20.8 Å². The van der Waals surface area contributed by atoms with Gasteiger partial charge in [0.05, 0.1) is 6.10 Å². The van der Waals surface area contributed by atoms with Gasteiger partial charge in [-0.05, 0) is 50.5 Å². The maximum absolute atomic E-state index is 12.4. The lowest BCUT2D eigenvalue weighted by Crippen LogP contribution is -2.41. The van der Waals surface area contributed by atoms with E-state index in [4.69, 9.17) is 10.5 Å². The van der Waals surface area contributed by atoms with Crippen LogP contribution in [0.1, 0.15) is 59.8 Å². The minimum absolute atomic E-state index is 0.224. The molecule has 0 aromatic carbocycles. The third-order valence-corrected chi connectivity index (χ3v) is 4.64. The summed E-state index contributed by atoms with van der Waals surface area (Å²) in [5.74, 6) is 0.823. The highest BCUT2D eigenvalue weighted by atomic mass is 16.5. The molecule has 0 saturated carbocycles. The second-order valence-electron chi connectivity index (χ2n) is 7.21. The van der Waals surface area contributed by atoms with E-state index in [1.807, 2.05) is 11.8 Å². The molecule has 1 rings (SSSR count). The Labute approximate surface area is 130 Å². The fourth-order valence-electron chi connectivity index (χ4n) is 3.17. The first-order chi connectivity index (χ1) is 9.88. The number of carbonyl (C=O) groups excluding carboxylic acids is 1. The van der Waals surface area contributed by atoms with E-state index in [1.54, 1.807) is 0 Å². The van der Waals surface area contributed by atoms with E-state index in [0.29, 0.717) is 30.9 Å². The van der Waals surface area contributed by atoms with Gasteiger partial charge in [-0.25, -0.2) is 0 Å². The largest absolute Gasteiger partial charge is 0.378 e. The number of piperidine rings is 1. The highest BCUT2D eigenvalue weighted by molar-refractivity contribution is 5.76. The van der Waals surface area contributed by atoms with Gasteiger partial charge in [0.25, 0.3) is 0 Å². The normalized spacial score (nSPS) is 18.8. The van der Waals surface area contributed by atoms with E-state index in [9.17, 15) is 4.79 Å². The predicted octanol–water partition coefficient (Wildman–Crippen LogP) is 2.81. The van der Waals surface area contributed by atoms with E-state index < -0.39 is 0 Å². The zero-order valence-corrected chi connectivity index (χ0v) is 14.4. The van der Waals surface area contributed by atoms with Gasteiger partial charge >= 0.3 is 0 Å². The molecule has 1 heterocycles. The monoisotopic (exact) mass is 298 g/mol. The van der Waals surface area contributed by atoms with Crippen LogP contribution < -0.4 is 5.73 Å². The molecular weight excluding hydrogens is 264 g/mol. The summed E-state index contributed by atoms with van der Waals surface area (Å²) in [5.41, 5.74) is 5.93. The van der Waals surface area contributed by atoms with Crippen molar-refractivity contribution in [3.8, 4) is 0 Å². The van der Waals surface area contributed by atoms with Crippen molar-refractivity contribution in [1.82, 2.24) is 4.90 Å². The maximum atomic E-state index is 12.4. The minimum Gasteiger partial charge on any atom is -0.378 e. The van der Waals surface area contributed by atoms with E-state index in [1.165, 1.54) is 0 Å². The number of amides is 1. The smallest absolute Gasteiger partial charge is 0.222 e. The van der Waals surface area contributed by atoms with Crippen LogP contribution in [0.25, 0.3) is 0 Å². The van der Waals surface area contributed by atoms with E-state index >= 15 is 0 Å². The lowest BCUT2D eigenvalue weighted by atomic mass is 9.76. The molecule has 1 aliphatic rings. The van der Waals surface area contributed by atoms with Crippen LogP contribution in [0.5, 0.6) is 0 Å². The van der Waals surface area contributed by atoms with Crippen molar-refractivity contribution in [2.24, 2.45) is 17.1 Å². The topological polar surface area (TPSA) is 55.6 Å². The molecule has 0 aromatic rings. The summed E-state index contributed by atoms with van der Waals surface area (Å²) in [7, 11) is 0. The SMILES string of the molecule is CCOC1CCN(C(=O)CCC(CCN)C(C)(C)C)CC1. The molecule has 1 amide bonds.